The molecule has 3 atom stereocenters. The molecule has 3 aromatic carbocycles. The molecule has 194 valence electrons. The lowest BCUT2D eigenvalue weighted by molar-refractivity contribution is -0.128. The van der Waals surface area contributed by atoms with Crippen LogP contribution in [-0.4, -0.2) is 42.7 Å². The van der Waals surface area contributed by atoms with E-state index in [0.29, 0.717) is 13.0 Å². The van der Waals surface area contributed by atoms with E-state index in [4.69, 9.17) is 9.47 Å². The zero-order valence-electron chi connectivity index (χ0n) is 22.0. The number of rotatable bonds is 9. The van der Waals surface area contributed by atoms with Gasteiger partial charge in [0.15, 0.2) is 6.10 Å². The Hall–Kier alpha value is -3.15. The molecule has 2 heterocycles. The summed E-state index contributed by atoms with van der Waals surface area (Å²) >= 11 is 0. The summed E-state index contributed by atoms with van der Waals surface area (Å²) in [5.41, 5.74) is 6.49. The van der Waals surface area contributed by atoms with Gasteiger partial charge in [-0.15, -0.1) is 0 Å². The minimum Gasteiger partial charge on any atom is -0.481 e. The number of carbonyl (C=O) groups is 1. The van der Waals surface area contributed by atoms with E-state index >= 15 is 0 Å². The van der Waals surface area contributed by atoms with E-state index in [1.807, 2.05) is 13.0 Å². The third kappa shape index (κ3) is 6.23. The van der Waals surface area contributed by atoms with E-state index in [-0.39, 0.29) is 18.1 Å². The quantitative estimate of drug-likeness (QED) is 0.418. The SMILES string of the molecule is CC[C@H](Oc1ccc2c(c1)[C@H](c1ccccc1)N(Cc1cccc(C)c1)CC2)C(=O)NC[C@H]1CCCO1. The molecule has 0 spiro atoms. The fourth-order valence-corrected chi connectivity index (χ4v) is 5.58. The number of fused-ring (bicyclic) bond motifs is 1. The molecule has 0 radical (unpaired) electrons. The molecule has 5 nitrogen and oxygen atoms in total. The van der Waals surface area contributed by atoms with E-state index in [0.717, 1.165) is 44.7 Å². The predicted octanol–water partition coefficient (Wildman–Crippen LogP) is 5.60. The predicted molar refractivity (Wildman–Crippen MR) is 147 cm³/mol. The first-order chi connectivity index (χ1) is 18.1. The highest BCUT2D eigenvalue weighted by Crippen LogP contribution is 2.38. The Bertz CT molecular complexity index is 1190. The molecule has 1 saturated heterocycles. The highest BCUT2D eigenvalue weighted by Gasteiger charge is 2.30. The van der Waals surface area contributed by atoms with E-state index in [1.165, 1.54) is 27.8 Å². The van der Waals surface area contributed by atoms with Crippen molar-refractivity contribution in [3.63, 3.8) is 0 Å². The van der Waals surface area contributed by atoms with Gasteiger partial charge in [0.05, 0.1) is 12.1 Å². The largest absolute Gasteiger partial charge is 0.481 e. The average molecular weight is 499 g/mol. The average Bonchev–Trinajstić information content (AvgIpc) is 3.44. The van der Waals surface area contributed by atoms with Crippen molar-refractivity contribution >= 4 is 5.91 Å². The van der Waals surface area contributed by atoms with Gasteiger partial charge in [-0.25, -0.2) is 0 Å². The molecule has 0 aromatic heterocycles. The zero-order chi connectivity index (χ0) is 25.6. The van der Waals surface area contributed by atoms with Crippen molar-refractivity contribution in [2.75, 3.05) is 19.7 Å². The van der Waals surface area contributed by atoms with Crippen LogP contribution in [0.2, 0.25) is 0 Å². The molecule has 0 saturated carbocycles. The molecule has 0 bridgehead atoms. The Labute approximate surface area is 220 Å². The summed E-state index contributed by atoms with van der Waals surface area (Å²) in [5, 5.41) is 3.03. The Kier molecular flexibility index (Phi) is 8.22. The van der Waals surface area contributed by atoms with Crippen molar-refractivity contribution in [3.8, 4) is 5.75 Å². The standard InChI is InChI=1S/C32H38N2O3/c1-3-30(32(35)33-21-28-13-8-18-36-28)37-27-15-14-25-16-17-34(22-24-10-7-9-23(2)19-24)31(29(25)20-27)26-11-5-4-6-12-26/h4-7,9-12,14-15,19-20,28,30-31H,3,8,13,16-18,21-22H2,1-2H3,(H,33,35)/t28-,30+,31+/m1/s1. The molecule has 37 heavy (non-hydrogen) atoms. The van der Waals surface area contributed by atoms with Crippen molar-refractivity contribution in [3.05, 3.63) is 101 Å². The summed E-state index contributed by atoms with van der Waals surface area (Å²) in [4.78, 5) is 15.5. The van der Waals surface area contributed by atoms with Crippen molar-refractivity contribution < 1.29 is 14.3 Å². The van der Waals surface area contributed by atoms with Crippen LogP contribution >= 0.6 is 0 Å². The highest BCUT2D eigenvalue weighted by atomic mass is 16.5. The van der Waals surface area contributed by atoms with Crippen LogP contribution in [0, 0.1) is 6.92 Å². The van der Waals surface area contributed by atoms with Crippen LogP contribution in [0.25, 0.3) is 0 Å². The Morgan fingerprint density at radius 3 is 2.73 bits per heavy atom. The summed E-state index contributed by atoms with van der Waals surface area (Å²) in [6, 6.07) is 26.0. The Morgan fingerprint density at radius 2 is 1.97 bits per heavy atom. The smallest absolute Gasteiger partial charge is 0.261 e. The number of amides is 1. The molecule has 5 rings (SSSR count). The van der Waals surface area contributed by atoms with Gasteiger partial charge in [0.25, 0.3) is 5.91 Å². The minimum atomic E-state index is -0.526. The molecule has 0 unspecified atom stereocenters. The number of hydrogen-bond acceptors (Lipinski definition) is 4. The maximum Gasteiger partial charge on any atom is 0.261 e. The van der Waals surface area contributed by atoms with Gasteiger partial charge < -0.3 is 14.8 Å². The number of nitrogens with one attached hydrogen (secondary N) is 1. The number of hydrogen-bond donors (Lipinski definition) is 1. The van der Waals surface area contributed by atoms with Gasteiger partial charge in [-0.2, -0.15) is 0 Å². The first-order valence-electron chi connectivity index (χ1n) is 13.6. The monoisotopic (exact) mass is 498 g/mol. The summed E-state index contributed by atoms with van der Waals surface area (Å²) in [7, 11) is 0. The van der Waals surface area contributed by atoms with Crippen LogP contribution in [0.4, 0.5) is 0 Å². The summed E-state index contributed by atoms with van der Waals surface area (Å²) in [6.45, 7) is 7.35. The van der Waals surface area contributed by atoms with Crippen LogP contribution in [-0.2, 0) is 22.5 Å². The molecule has 2 aliphatic heterocycles. The van der Waals surface area contributed by atoms with E-state index < -0.39 is 6.10 Å². The summed E-state index contributed by atoms with van der Waals surface area (Å²) in [5.74, 6) is 0.674. The van der Waals surface area contributed by atoms with E-state index in [9.17, 15) is 4.79 Å². The molecule has 2 aliphatic rings. The molecular formula is C32H38N2O3. The second kappa shape index (κ2) is 11.9. The number of benzene rings is 3. The second-order valence-corrected chi connectivity index (χ2v) is 10.3. The lowest BCUT2D eigenvalue weighted by Gasteiger charge is -2.38. The zero-order valence-corrected chi connectivity index (χ0v) is 22.0. The Morgan fingerprint density at radius 1 is 1.11 bits per heavy atom. The fraction of sp³-hybridized carbons (Fsp3) is 0.406. The molecular weight excluding hydrogens is 460 g/mol. The number of carbonyl (C=O) groups excluding carboxylic acids is 1. The number of ether oxygens (including phenoxy) is 2. The molecule has 5 heteroatoms. The van der Waals surface area contributed by atoms with Crippen molar-refractivity contribution in [1.29, 1.82) is 0 Å². The fourth-order valence-electron chi connectivity index (χ4n) is 5.58. The van der Waals surface area contributed by atoms with Crippen molar-refractivity contribution in [2.24, 2.45) is 0 Å². The minimum absolute atomic E-state index is 0.0728. The Balaban J connectivity index is 1.38. The van der Waals surface area contributed by atoms with Crippen LogP contribution in [0.3, 0.4) is 0 Å². The summed E-state index contributed by atoms with van der Waals surface area (Å²) in [6.07, 6.45) is 3.26. The first kappa shape index (κ1) is 25.5. The number of nitrogens with zero attached hydrogens (tertiary/aromatic N) is 1. The van der Waals surface area contributed by atoms with Crippen LogP contribution in [0.5, 0.6) is 5.75 Å². The lowest BCUT2D eigenvalue weighted by Crippen LogP contribution is -2.41. The van der Waals surface area contributed by atoms with Crippen LogP contribution in [0.1, 0.15) is 60.0 Å². The van der Waals surface area contributed by atoms with Gasteiger partial charge in [0.2, 0.25) is 0 Å². The van der Waals surface area contributed by atoms with Gasteiger partial charge in [-0.3, -0.25) is 9.69 Å². The van der Waals surface area contributed by atoms with Crippen LogP contribution < -0.4 is 10.1 Å². The van der Waals surface area contributed by atoms with Gasteiger partial charge >= 0.3 is 0 Å². The van der Waals surface area contributed by atoms with E-state index in [2.05, 4.69) is 83.9 Å². The van der Waals surface area contributed by atoms with Gasteiger partial charge in [-0.1, -0.05) is 73.2 Å². The summed E-state index contributed by atoms with van der Waals surface area (Å²) < 4.78 is 11.9. The maximum atomic E-state index is 12.9. The van der Waals surface area contributed by atoms with Crippen molar-refractivity contribution in [1.82, 2.24) is 10.2 Å². The molecule has 1 amide bonds. The van der Waals surface area contributed by atoms with Gasteiger partial charge in [0.1, 0.15) is 5.75 Å². The number of aryl methyl sites for hydroxylation is 1. The van der Waals surface area contributed by atoms with Gasteiger partial charge in [-0.05, 0) is 67.0 Å². The second-order valence-electron chi connectivity index (χ2n) is 10.3. The molecule has 0 aliphatic carbocycles. The molecule has 1 fully saturated rings. The topological polar surface area (TPSA) is 50.8 Å². The molecule has 3 aromatic rings. The van der Waals surface area contributed by atoms with Gasteiger partial charge in [0, 0.05) is 26.2 Å². The normalized spacial score (nSPS) is 20.3. The third-order valence-corrected chi connectivity index (χ3v) is 7.50. The lowest BCUT2D eigenvalue weighted by atomic mass is 9.87. The first-order valence-corrected chi connectivity index (χ1v) is 13.6. The third-order valence-electron chi connectivity index (χ3n) is 7.50. The van der Waals surface area contributed by atoms with Crippen LogP contribution in [0.15, 0.2) is 72.8 Å². The van der Waals surface area contributed by atoms with Crippen molar-refractivity contribution in [2.45, 2.75) is 64.3 Å². The van der Waals surface area contributed by atoms with E-state index in [1.54, 1.807) is 0 Å². The molecule has 1 N–H and O–H groups in total. The highest BCUT2D eigenvalue weighted by molar-refractivity contribution is 5.81. The maximum absolute atomic E-state index is 12.9.